The van der Waals surface area contributed by atoms with Crippen molar-refractivity contribution >= 4 is 11.8 Å². The molecule has 2 rings (SSSR count). The van der Waals surface area contributed by atoms with Crippen molar-refractivity contribution in [2.75, 3.05) is 6.54 Å². The first-order chi connectivity index (χ1) is 10.5. The number of rotatable bonds is 5. The molecule has 116 valence electrons. The molecule has 0 radical (unpaired) electrons. The standard InChI is InChI=1S/C16H19N3O3/c1-4-17-15(20)13-7-5-6-12(8-13)9-18-16(21)14-10(2)19-11(3)22-14/h5-8H,4,9H2,1-3H3,(H,17,20)(H,18,21). The van der Waals surface area contributed by atoms with Crippen LogP contribution in [0.2, 0.25) is 0 Å². The lowest BCUT2D eigenvalue weighted by molar-refractivity contribution is 0.0920. The summed E-state index contributed by atoms with van der Waals surface area (Å²) in [4.78, 5) is 27.9. The first-order valence-corrected chi connectivity index (χ1v) is 7.10. The Bertz CT molecular complexity index is 692. The lowest BCUT2D eigenvalue weighted by Gasteiger charge is -2.06. The van der Waals surface area contributed by atoms with E-state index in [1.807, 2.05) is 13.0 Å². The Hall–Kier alpha value is -2.63. The zero-order valence-corrected chi connectivity index (χ0v) is 12.9. The Kier molecular flexibility index (Phi) is 4.93. The molecule has 0 saturated heterocycles. The summed E-state index contributed by atoms with van der Waals surface area (Å²) in [7, 11) is 0. The maximum Gasteiger partial charge on any atom is 0.289 e. The van der Waals surface area contributed by atoms with E-state index >= 15 is 0 Å². The second kappa shape index (κ2) is 6.89. The van der Waals surface area contributed by atoms with E-state index in [2.05, 4.69) is 15.6 Å². The molecule has 0 atom stereocenters. The molecule has 2 aromatic rings. The van der Waals surface area contributed by atoms with Crippen LogP contribution in [-0.2, 0) is 6.54 Å². The highest BCUT2D eigenvalue weighted by Gasteiger charge is 2.15. The molecule has 0 aliphatic heterocycles. The summed E-state index contributed by atoms with van der Waals surface area (Å²) in [5.41, 5.74) is 1.97. The third-order valence-electron chi connectivity index (χ3n) is 3.09. The van der Waals surface area contributed by atoms with E-state index in [9.17, 15) is 9.59 Å². The highest BCUT2D eigenvalue weighted by Crippen LogP contribution is 2.10. The number of carbonyl (C=O) groups excluding carboxylic acids is 2. The summed E-state index contributed by atoms with van der Waals surface area (Å²) in [6.07, 6.45) is 0. The summed E-state index contributed by atoms with van der Waals surface area (Å²) >= 11 is 0. The molecule has 0 bridgehead atoms. The van der Waals surface area contributed by atoms with Crippen LogP contribution in [0, 0.1) is 13.8 Å². The first kappa shape index (κ1) is 15.8. The Morgan fingerprint density at radius 1 is 1.18 bits per heavy atom. The third kappa shape index (κ3) is 3.72. The number of hydrogen-bond acceptors (Lipinski definition) is 4. The van der Waals surface area contributed by atoms with Gasteiger partial charge in [-0.1, -0.05) is 12.1 Å². The lowest BCUT2D eigenvalue weighted by atomic mass is 10.1. The number of aryl methyl sites for hydroxylation is 2. The second-order valence-electron chi connectivity index (χ2n) is 4.89. The van der Waals surface area contributed by atoms with E-state index in [0.29, 0.717) is 30.2 Å². The fraction of sp³-hybridized carbons (Fsp3) is 0.312. The average Bonchev–Trinajstić information content (AvgIpc) is 2.84. The molecule has 6 heteroatoms. The van der Waals surface area contributed by atoms with E-state index in [0.717, 1.165) is 5.56 Å². The number of amides is 2. The number of nitrogens with zero attached hydrogens (tertiary/aromatic N) is 1. The zero-order chi connectivity index (χ0) is 16.1. The van der Waals surface area contributed by atoms with Gasteiger partial charge in [0.1, 0.15) is 0 Å². The zero-order valence-electron chi connectivity index (χ0n) is 12.9. The Morgan fingerprint density at radius 3 is 2.59 bits per heavy atom. The maximum absolute atomic E-state index is 12.0. The number of oxazole rings is 1. The van der Waals surface area contributed by atoms with Gasteiger partial charge in [-0.25, -0.2) is 4.98 Å². The number of carbonyl (C=O) groups is 2. The van der Waals surface area contributed by atoms with Crippen LogP contribution >= 0.6 is 0 Å². The topological polar surface area (TPSA) is 84.2 Å². The normalized spacial score (nSPS) is 10.3. The quantitative estimate of drug-likeness (QED) is 0.884. The molecule has 2 amide bonds. The highest BCUT2D eigenvalue weighted by molar-refractivity contribution is 5.94. The molecule has 1 aromatic heterocycles. The predicted octanol–water partition coefficient (Wildman–Crippen LogP) is 1.97. The molecule has 0 aliphatic rings. The van der Waals surface area contributed by atoms with Gasteiger partial charge in [0.2, 0.25) is 5.76 Å². The number of benzene rings is 1. The second-order valence-corrected chi connectivity index (χ2v) is 4.89. The largest absolute Gasteiger partial charge is 0.436 e. The minimum Gasteiger partial charge on any atom is -0.436 e. The highest BCUT2D eigenvalue weighted by atomic mass is 16.4. The molecule has 2 N–H and O–H groups in total. The average molecular weight is 301 g/mol. The molecule has 6 nitrogen and oxygen atoms in total. The molecule has 1 heterocycles. The van der Waals surface area contributed by atoms with Gasteiger partial charge in [0.15, 0.2) is 5.89 Å². The molecule has 22 heavy (non-hydrogen) atoms. The molecule has 0 unspecified atom stereocenters. The fourth-order valence-corrected chi connectivity index (χ4v) is 2.09. The van der Waals surface area contributed by atoms with Gasteiger partial charge >= 0.3 is 0 Å². The predicted molar refractivity (Wildman–Crippen MR) is 81.6 cm³/mol. The fourth-order valence-electron chi connectivity index (χ4n) is 2.09. The van der Waals surface area contributed by atoms with Crippen molar-refractivity contribution in [2.45, 2.75) is 27.3 Å². The minimum atomic E-state index is -0.318. The van der Waals surface area contributed by atoms with Crippen LogP contribution in [0.3, 0.4) is 0 Å². The van der Waals surface area contributed by atoms with Crippen molar-refractivity contribution in [3.63, 3.8) is 0 Å². The van der Waals surface area contributed by atoms with Crippen molar-refractivity contribution in [2.24, 2.45) is 0 Å². The van der Waals surface area contributed by atoms with Crippen LogP contribution in [0.5, 0.6) is 0 Å². The van der Waals surface area contributed by atoms with E-state index in [4.69, 9.17) is 4.42 Å². The molecule has 0 aliphatic carbocycles. The lowest BCUT2D eigenvalue weighted by Crippen LogP contribution is -2.24. The summed E-state index contributed by atoms with van der Waals surface area (Å²) in [6, 6.07) is 7.13. The SMILES string of the molecule is CCNC(=O)c1cccc(CNC(=O)c2oc(C)nc2C)c1. The van der Waals surface area contributed by atoms with Crippen molar-refractivity contribution in [3.8, 4) is 0 Å². The molecule has 0 fully saturated rings. The van der Waals surface area contributed by atoms with Gasteiger partial charge in [-0.2, -0.15) is 0 Å². The summed E-state index contributed by atoms with van der Waals surface area (Å²) < 4.78 is 5.27. The Balaban J connectivity index is 2.02. The van der Waals surface area contributed by atoms with Crippen LogP contribution in [-0.4, -0.2) is 23.3 Å². The minimum absolute atomic E-state index is 0.127. The van der Waals surface area contributed by atoms with Crippen molar-refractivity contribution in [3.05, 3.63) is 52.7 Å². The number of hydrogen-bond donors (Lipinski definition) is 2. The van der Waals surface area contributed by atoms with Gasteiger partial charge in [0, 0.05) is 25.6 Å². The van der Waals surface area contributed by atoms with Crippen molar-refractivity contribution in [1.29, 1.82) is 0 Å². The van der Waals surface area contributed by atoms with Crippen LogP contribution in [0.4, 0.5) is 0 Å². The molecule has 1 aromatic carbocycles. The molecular weight excluding hydrogens is 282 g/mol. The first-order valence-electron chi connectivity index (χ1n) is 7.10. The summed E-state index contributed by atoms with van der Waals surface area (Å²) in [6.45, 7) is 6.17. The van der Waals surface area contributed by atoms with Crippen LogP contribution < -0.4 is 10.6 Å². The van der Waals surface area contributed by atoms with Gasteiger partial charge < -0.3 is 15.1 Å². The number of aromatic nitrogens is 1. The van der Waals surface area contributed by atoms with Gasteiger partial charge in [0.05, 0.1) is 5.69 Å². The molecule has 0 spiro atoms. The van der Waals surface area contributed by atoms with Crippen molar-refractivity contribution < 1.29 is 14.0 Å². The number of nitrogens with one attached hydrogen (secondary N) is 2. The monoisotopic (exact) mass is 301 g/mol. The van der Waals surface area contributed by atoms with Crippen LogP contribution in [0.15, 0.2) is 28.7 Å². The van der Waals surface area contributed by atoms with Crippen molar-refractivity contribution in [1.82, 2.24) is 15.6 Å². The molecule has 0 saturated carbocycles. The summed E-state index contributed by atoms with van der Waals surface area (Å²) in [5, 5.41) is 5.50. The van der Waals surface area contributed by atoms with E-state index in [1.165, 1.54) is 0 Å². The summed E-state index contributed by atoms with van der Waals surface area (Å²) in [5.74, 6) is 0.233. The van der Waals surface area contributed by atoms with Crippen LogP contribution in [0.1, 0.15) is 45.0 Å². The van der Waals surface area contributed by atoms with Gasteiger partial charge in [-0.3, -0.25) is 9.59 Å². The Labute approximate surface area is 128 Å². The van der Waals surface area contributed by atoms with E-state index in [1.54, 1.807) is 32.0 Å². The van der Waals surface area contributed by atoms with E-state index in [-0.39, 0.29) is 17.6 Å². The Morgan fingerprint density at radius 2 is 1.95 bits per heavy atom. The van der Waals surface area contributed by atoms with Gasteiger partial charge in [-0.05, 0) is 31.5 Å². The maximum atomic E-state index is 12.0. The molecular formula is C16H19N3O3. The van der Waals surface area contributed by atoms with E-state index < -0.39 is 0 Å². The third-order valence-corrected chi connectivity index (χ3v) is 3.09. The smallest absolute Gasteiger partial charge is 0.289 e. The van der Waals surface area contributed by atoms with Crippen LogP contribution in [0.25, 0.3) is 0 Å². The van der Waals surface area contributed by atoms with Gasteiger partial charge in [0.25, 0.3) is 11.8 Å². The van der Waals surface area contributed by atoms with Gasteiger partial charge in [-0.15, -0.1) is 0 Å².